The number of hydrogen-bond acceptors (Lipinski definition) is 9. The largest absolute Gasteiger partial charge is 0.481 e. The van der Waals surface area contributed by atoms with Gasteiger partial charge in [0.2, 0.25) is 4.38 Å². The highest BCUT2D eigenvalue weighted by molar-refractivity contribution is 8.23. The standard InChI is InChI=1S/C46H68O8S2/c1-5-52-44(55)56-42(32-17-13-12-14-18-32)43(51)53-28-16-11-9-7-6-8-10-15-19-40(50)54-34-26-27-45(3)33(29-34)21-22-35-37-24-23-36(31(2)20-25-39(48)49)46(37,4)30-38(47)41(35)45/h12-14,17-18,31,33-37,41-42H,5-11,15-16,19-30H2,1-4H3,(H,48,49)/t31-,33-,34-,35+,36-,37+,41-,42?,45+,46-/m1/s1. The van der Waals surface area contributed by atoms with Crippen molar-refractivity contribution in [3.05, 3.63) is 35.9 Å². The molecule has 312 valence electrons. The normalized spacial score (nSPS) is 30.6. The summed E-state index contributed by atoms with van der Waals surface area (Å²) in [5.74, 6) is 1.58. The molecule has 1 aromatic carbocycles. The number of thiocarbonyl (C=S) groups is 1. The number of carboxylic acid groups (broad SMARTS) is 1. The second kappa shape index (κ2) is 21.0. The average Bonchev–Trinajstić information content (AvgIpc) is 3.51. The summed E-state index contributed by atoms with van der Waals surface area (Å²) in [5.41, 5.74) is 0.812. The molecule has 4 fully saturated rings. The smallest absolute Gasteiger partial charge is 0.324 e. The van der Waals surface area contributed by atoms with Gasteiger partial charge in [0.15, 0.2) is 0 Å². The molecule has 0 bridgehead atoms. The fraction of sp³-hybridized carbons (Fsp3) is 0.761. The Kier molecular flexibility index (Phi) is 16.7. The van der Waals surface area contributed by atoms with Gasteiger partial charge in [-0.25, -0.2) is 0 Å². The van der Waals surface area contributed by atoms with E-state index in [2.05, 4.69) is 20.8 Å². The van der Waals surface area contributed by atoms with Crippen LogP contribution in [0.4, 0.5) is 0 Å². The van der Waals surface area contributed by atoms with Gasteiger partial charge >= 0.3 is 17.9 Å². The second-order valence-corrected chi connectivity index (χ2v) is 19.7. The summed E-state index contributed by atoms with van der Waals surface area (Å²) in [6.07, 6.45) is 17.3. The van der Waals surface area contributed by atoms with Gasteiger partial charge < -0.3 is 19.3 Å². The van der Waals surface area contributed by atoms with Crippen LogP contribution in [0.15, 0.2) is 30.3 Å². The van der Waals surface area contributed by atoms with Crippen molar-refractivity contribution in [3.63, 3.8) is 0 Å². The zero-order chi connectivity index (χ0) is 40.3. The van der Waals surface area contributed by atoms with Gasteiger partial charge in [0, 0.05) is 25.2 Å². The Bertz CT molecular complexity index is 1480. The lowest BCUT2D eigenvalue weighted by Gasteiger charge is -2.60. The van der Waals surface area contributed by atoms with Crippen molar-refractivity contribution in [1.29, 1.82) is 0 Å². The summed E-state index contributed by atoms with van der Waals surface area (Å²) < 4.78 is 17.4. The molecule has 1 N–H and O–H groups in total. The van der Waals surface area contributed by atoms with Gasteiger partial charge in [0.1, 0.15) is 17.1 Å². The number of benzene rings is 1. The maximum absolute atomic E-state index is 14.1. The molecule has 0 spiro atoms. The maximum atomic E-state index is 14.1. The Morgan fingerprint density at radius 2 is 1.59 bits per heavy atom. The van der Waals surface area contributed by atoms with Gasteiger partial charge in [-0.2, -0.15) is 0 Å². The topological polar surface area (TPSA) is 116 Å². The highest BCUT2D eigenvalue weighted by atomic mass is 32.2. The van der Waals surface area contributed by atoms with Crippen LogP contribution in [0.5, 0.6) is 0 Å². The molecular formula is C46H68O8S2. The van der Waals surface area contributed by atoms with Gasteiger partial charge in [-0.1, -0.05) is 101 Å². The molecule has 0 amide bonds. The summed E-state index contributed by atoms with van der Waals surface area (Å²) in [6.45, 7) is 9.65. The van der Waals surface area contributed by atoms with Crippen molar-refractivity contribution < 1.29 is 38.5 Å². The summed E-state index contributed by atoms with van der Waals surface area (Å²) in [6, 6.07) is 9.54. The average molecular weight is 813 g/mol. The minimum atomic E-state index is -0.730. The quantitative estimate of drug-likeness (QED) is 0.0775. The number of thioether (sulfide) groups is 1. The first-order valence-electron chi connectivity index (χ1n) is 21.9. The van der Waals surface area contributed by atoms with E-state index in [4.69, 9.17) is 26.4 Å². The lowest BCUT2D eigenvalue weighted by atomic mass is 9.44. The summed E-state index contributed by atoms with van der Waals surface area (Å²) in [4.78, 5) is 51.2. The lowest BCUT2D eigenvalue weighted by molar-refractivity contribution is -0.170. The van der Waals surface area contributed by atoms with Crippen molar-refractivity contribution in [3.8, 4) is 0 Å². The van der Waals surface area contributed by atoms with Gasteiger partial charge in [-0.3, -0.25) is 19.2 Å². The SMILES string of the molecule is CCOC(=S)SC(C(=O)OCCCCCCCCCCC(=O)O[C@@H]1CC[C@@]2(C)[C@H](CC[C@H]3[C@@H]4CC[C@H]([C@H](C)CCC(=O)O)[C@@]4(C)CC(=O)[C@@H]32)C1)c1ccccc1. The van der Waals surface area contributed by atoms with Crippen molar-refractivity contribution in [2.45, 2.75) is 161 Å². The highest BCUT2D eigenvalue weighted by Crippen LogP contribution is 2.67. The first kappa shape index (κ1) is 44.6. The van der Waals surface area contributed by atoms with Crippen molar-refractivity contribution in [1.82, 2.24) is 0 Å². The van der Waals surface area contributed by atoms with E-state index >= 15 is 0 Å². The fourth-order valence-corrected chi connectivity index (χ4v) is 13.0. The number of ether oxygens (including phenoxy) is 3. The zero-order valence-corrected chi connectivity index (χ0v) is 36.1. The Morgan fingerprint density at radius 1 is 0.893 bits per heavy atom. The van der Waals surface area contributed by atoms with E-state index < -0.39 is 11.2 Å². The van der Waals surface area contributed by atoms with Crippen molar-refractivity contribution >= 4 is 52.1 Å². The van der Waals surface area contributed by atoms with Crippen molar-refractivity contribution in [2.24, 2.45) is 46.3 Å². The molecule has 10 heteroatoms. The molecule has 4 aliphatic rings. The third-order valence-corrected chi connectivity index (χ3v) is 15.9. The Labute approximate surface area is 345 Å². The van der Waals surface area contributed by atoms with E-state index in [-0.39, 0.29) is 41.2 Å². The molecule has 0 aromatic heterocycles. The van der Waals surface area contributed by atoms with Gasteiger partial charge in [-0.15, -0.1) is 0 Å². The molecule has 8 nitrogen and oxygen atoms in total. The van der Waals surface area contributed by atoms with E-state index in [0.717, 1.165) is 102 Å². The molecule has 4 aliphatic carbocycles. The molecule has 0 heterocycles. The Hall–Kier alpha value is -2.46. The summed E-state index contributed by atoms with van der Waals surface area (Å²) in [5, 5.41) is 8.74. The molecule has 0 aliphatic heterocycles. The number of carbonyl (C=O) groups is 4. The molecule has 0 radical (unpaired) electrons. The minimum absolute atomic E-state index is 0.0165. The molecule has 5 rings (SSSR count). The molecular weight excluding hydrogens is 745 g/mol. The molecule has 1 unspecified atom stereocenters. The van der Waals surface area contributed by atoms with Gasteiger partial charge in [0.05, 0.1) is 13.2 Å². The summed E-state index contributed by atoms with van der Waals surface area (Å²) >= 11 is 6.49. The molecule has 4 saturated carbocycles. The minimum Gasteiger partial charge on any atom is -0.481 e. The number of rotatable bonds is 20. The van der Waals surface area contributed by atoms with E-state index in [0.29, 0.717) is 72.2 Å². The van der Waals surface area contributed by atoms with Crippen LogP contribution in [-0.4, -0.2) is 52.5 Å². The van der Waals surface area contributed by atoms with E-state index in [1.54, 1.807) is 0 Å². The van der Waals surface area contributed by atoms with Gasteiger partial charge in [-0.05, 0) is 129 Å². The number of hydrogen-bond donors (Lipinski definition) is 1. The van der Waals surface area contributed by atoms with Crippen LogP contribution < -0.4 is 0 Å². The van der Waals surface area contributed by atoms with Crippen LogP contribution in [0.25, 0.3) is 0 Å². The first-order chi connectivity index (χ1) is 26.9. The third-order valence-electron chi connectivity index (χ3n) is 14.5. The Morgan fingerprint density at radius 3 is 2.29 bits per heavy atom. The predicted molar refractivity (Wildman–Crippen MR) is 225 cm³/mol. The number of ketones is 1. The molecule has 0 saturated heterocycles. The van der Waals surface area contributed by atoms with E-state index in [1.807, 2.05) is 37.3 Å². The highest BCUT2D eigenvalue weighted by Gasteiger charge is 2.63. The van der Waals surface area contributed by atoms with Crippen LogP contribution in [0, 0.1) is 46.3 Å². The monoisotopic (exact) mass is 812 g/mol. The van der Waals surface area contributed by atoms with Crippen molar-refractivity contribution in [2.75, 3.05) is 13.2 Å². The van der Waals surface area contributed by atoms with Crippen LogP contribution in [-0.2, 0) is 33.4 Å². The fourth-order valence-electron chi connectivity index (χ4n) is 11.7. The van der Waals surface area contributed by atoms with Crippen LogP contribution in [0.2, 0.25) is 0 Å². The number of Topliss-reactive ketones (excluding diaryl/α,β-unsaturated/α-hetero) is 1. The predicted octanol–water partition coefficient (Wildman–Crippen LogP) is 11.1. The lowest BCUT2D eigenvalue weighted by Crippen LogP contribution is -2.58. The third kappa shape index (κ3) is 11.2. The van der Waals surface area contributed by atoms with E-state index in [9.17, 15) is 24.3 Å². The number of fused-ring (bicyclic) bond motifs is 5. The molecule has 1 aromatic rings. The number of carbonyl (C=O) groups excluding carboxylic acids is 3. The number of carboxylic acids is 1. The molecule has 56 heavy (non-hydrogen) atoms. The second-order valence-electron chi connectivity index (χ2n) is 18.0. The maximum Gasteiger partial charge on any atom is 0.324 e. The number of esters is 2. The summed E-state index contributed by atoms with van der Waals surface area (Å²) in [7, 11) is 0. The van der Waals surface area contributed by atoms with Crippen LogP contribution in [0.3, 0.4) is 0 Å². The van der Waals surface area contributed by atoms with Gasteiger partial charge in [0.25, 0.3) is 0 Å². The van der Waals surface area contributed by atoms with E-state index in [1.165, 1.54) is 11.8 Å². The zero-order valence-electron chi connectivity index (χ0n) is 34.5. The van der Waals surface area contributed by atoms with Crippen LogP contribution >= 0.6 is 24.0 Å². The number of aliphatic carboxylic acids is 1. The Balaban J connectivity index is 0.939. The first-order valence-corrected chi connectivity index (χ1v) is 23.1. The molecule has 10 atom stereocenters. The number of unbranched alkanes of at least 4 members (excludes halogenated alkanes) is 7. The van der Waals surface area contributed by atoms with Crippen LogP contribution in [0.1, 0.15) is 161 Å².